The van der Waals surface area contributed by atoms with Gasteiger partial charge in [0.1, 0.15) is 0 Å². The summed E-state index contributed by atoms with van der Waals surface area (Å²) in [6, 6.07) is 0.502. The molecule has 1 aliphatic carbocycles. The van der Waals surface area contributed by atoms with E-state index in [0.717, 1.165) is 30.4 Å². The first-order valence-corrected chi connectivity index (χ1v) is 8.85. The highest BCUT2D eigenvalue weighted by Crippen LogP contribution is 2.27. The normalized spacial score (nSPS) is 21.3. The van der Waals surface area contributed by atoms with E-state index in [4.69, 9.17) is 0 Å². The Labute approximate surface area is 109 Å². The van der Waals surface area contributed by atoms with Crippen LogP contribution in [0.5, 0.6) is 0 Å². The molecular weight excluding hydrogens is 230 g/mol. The molecular formula is C14H29NOS. The van der Waals surface area contributed by atoms with Crippen molar-refractivity contribution in [2.45, 2.75) is 64.8 Å². The van der Waals surface area contributed by atoms with Gasteiger partial charge < -0.3 is 5.32 Å². The molecule has 0 amide bonds. The quantitative estimate of drug-likeness (QED) is 0.726. The van der Waals surface area contributed by atoms with Gasteiger partial charge in [0, 0.05) is 28.3 Å². The minimum Gasteiger partial charge on any atom is -0.313 e. The maximum absolute atomic E-state index is 11.9. The van der Waals surface area contributed by atoms with E-state index in [9.17, 15) is 4.21 Å². The summed E-state index contributed by atoms with van der Waals surface area (Å²) in [4.78, 5) is 0. The molecule has 0 aliphatic heterocycles. The second kappa shape index (κ2) is 9.09. The van der Waals surface area contributed by atoms with Crippen LogP contribution in [0.15, 0.2) is 0 Å². The Hall–Kier alpha value is 0.110. The lowest BCUT2D eigenvalue weighted by atomic mass is 9.84. The second-order valence-corrected chi connectivity index (χ2v) is 6.89. The SMILES string of the molecule is CCCNC(CS(=O)CCC)C1CCCCC1. The molecule has 0 saturated heterocycles. The lowest BCUT2D eigenvalue weighted by molar-refractivity contribution is 0.284. The molecule has 1 N–H and O–H groups in total. The van der Waals surface area contributed by atoms with Gasteiger partial charge in [0.05, 0.1) is 0 Å². The maximum atomic E-state index is 11.9. The Morgan fingerprint density at radius 1 is 1.18 bits per heavy atom. The number of hydrogen-bond acceptors (Lipinski definition) is 2. The predicted molar refractivity (Wildman–Crippen MR) is 76.8 cm³/mol. The third-order valence-electron chi connectivity index (χ3n) is 3.67. The summed E-state index contributed by atoms with van der Waals surface area (Å²) in [6.45, 7) is 5.39. The van der Waals surface area contributed by atoms with Crippen LogP contribution in [-0.4, -0.2) is 28.3 Å². The topological polar surface area (TPSA) is 29.1 Å². The molecule has 0 bridgehead atoms. The highest BCUT2D eigenvalue weighted by Gasteiger charge is 2.24. The van der Waals surface area contributed by atoms with Crippen molar-refractivity contribution in [1.29, 1.82) is 0 Å². The predicted octanol–water partition coefficient (Wildman–Crippen LogP) is 3.09. The van der Waals surface area contributed by atoms with Crippen molar-refractivity contribution >= 4 is 10.8 Å². The molecule has 1 fully saturated rings. The fourth-order valence-corrected chi connectivity index (χ4v) is 4.15. The Morgan fingerprint density at radius 3 is 2.47 bits per heavy atom. The van der Waals surface area contributed by atoms with E-state index in [2.05, 4.69) is 19.2 Å². The van der Waals surface area contributed by atoms with Gasteiger partial charge in [-0.25, -0.2) is 0 Å². The first kappa shape index (κ1) is 15.2. The van der Waals surface area contributed by atoms with Gasteiger partial charge in [0.15, 0.2) is 0 Å². The lowest BCUT2D eigenvalue weighted by Crippen LogP contribution is -2.42. The molecule has 0 aromatic rings. The van der Waals surface area contributed by atoms with Crippen LogP contribution in [0.2, 0.25) is 0 Å². The molecule has 2 atom stereocenters. The van der Waals surface area contributed by atoms with Crippen LogP contribution in [0, 0.1) is 5.92 Å². The van der Waals surface area contributed by atoms with Crippen LogP contribution in [0.3, 0.4) is 0 Å². The average Bonchev–Trinajstić information content (AvgIpc) is 2.36. The number of hydrogen-bond donors (Lipinski definition) is 1. The second-order valence-electron chi connectivity index (χ2n) is 5.27. The molecule has 0 radical (unpaired) electrons. The van der Waals surface area contributed by atoms with Crippen LogP contribution in [0.4, 0.5) is 0 Å². The Morgan fingerprint density at radius 2 is 1.88 bits per heavy atom. The highest BCUT2D eigenvalue weighted by molar-refractivity contribution is 7.85. The summed E-state index contributed by atoms with van der Waals surface area (Å²) >= 11 is 0. The molecule has 1 rings (SSSR count). The van der Waals surface area contributed by atoms with E-state index in [1.54, 1.807) is 0 Å². The fraction of sp³-hybridized carbons (Fsp3) is 1.00. The molecule has 2 nitrogen and oxygen atoms in total. The minimum atomic E-state index is -0.618. The lowest BCUT2D eigenvalue weighted by Gasteiger charge is -2.30. The Bertz CT molecular complexity index is 214. The third-order valence-corrected chi connectivity index (χ3v) is 5.27. The van der Waals surface area contributed by atoms with Crippen molar-refractivity contribution in [3.05, 3.63) is 0 Å². The monoisotopic (exact) mass is 259 g/mol. The summed E-state index contributed by atoms with van der Waals surface area (Å²) in [5.41, 5.74) is 0. The molecule has 1 aliphatic rings. The summed E-state index contributed by atoms with van der Waals surface area (Å²) < 4.78 is 11.9. The molecule has 0 aromatic carbocycles. The molecule has 0 spiro atoms. The van der Waals surface area contributed by atoms with E-state index >= 15 is 0 Å². The first-order chi connectivity index (χ1) is 8.27. The van der Waals surface area contributed by atoms with E-state index in [1.807, 2.05) is 0 Å². The van der Waals surface area contributed by atoms with Crippen LogP contribution >= 0.6 is 0 Å². The zero-order chi connectivity index (χ0) is 12.5. The third kappa shape index (κ3) is 6.01. The minimum absolute atomic E-state index is 0.502. The molecule has 2 unspecified atom stereocenters. The Balaban J connectivity index is 2.43. The summed E-state index contributed by atoms with van der Waals surface area (Å²) in [6.07, 6.45) is 9.02. The molecule has 1 saturated carbocycles. The number of nitrogens with one attached hydrogen (secondary N) is 1. The van der Waals surface area contributed by atoms with Crippen molar-refractivity contribution < 1.29 is 4.21 Å². The van der Waals surface area contributed by atoms with Gasteiger partial charge in [0.25, 0.3) is 0 Å². The van der Waals surface area contributed by atoms with Gasteiger partial charge in [-0.3, -0.25) is 4.21 Å². The van der Waals surface area contributed by atoms with Crippen molar-refractivity contribution in [3.8, 4) is 0 Å². The smallest absolute Gasteiger partial charge is 0.0391 e. The first-order valence-electron chi connectivity index (χ1n) is 7.36. The van der Waals surface area contributed by atoms with Crippen LogP contribution in [-0.2, 0) is 10.8 Å². The van der Waals surface area contributed by atoms with Gasteiger partial charge in [-0.1, -0.05) is 33.1 Å². The van der Waals surface area contributed by atoms with Crippen LogP contribution in [0.1, 0.15) is 58.8 Å². The van der Waals surface area contributed by atoms with Gasteiger partial charge in [-0.2, -0.15) is 0 Å². The van der Waals surface area contributed by atoms with Crippen molar-refractivity contribution in [2.24, 2.45) is 5.92 Å². The van der Waals surface area contributed by atoms with Gasteiger partial charge in [0.2, 0.25) is 0 Å². The fourth-order valence-electron chi connectivity index (χ4n) is 2.74. The largest absolute Gasteiger partial charge is 0.313 e. The Kier molecular flexibility index (Phi) is 8.12. The van der Waals surface area contributed by atoms with Crippen LogP contribution < -0.4 is 5.32 Å². The summed E-state index contributed by atoms with van der Waals surface area (Å²) in [5, 5.41) is 3.64. The van der Waals surface area contributed by atoms with Gasteiger partial charge in [-0.05, 0) is 38.1 Å². The molecule has 102 valence electrons. The van der Waals surface area contributed by atoms with E-state index in [1.165, 1.54) is 38.5 Å². The van der Waals surface area contributed by atoms with E-state index in [-0.39, 0.29) is 0 Å². The molecule has 3 heteroatoms. The standard InChI is InChI=1S/C14H29NOS/c1-3-10-15-14(12-17(16)11-4-2)13-8-6-5-7-9-13/h13-15H,3-12H2,1-2H3. The van der Waals surface area contributed by atoms with Gasteiger partial charge >= 0.3 is 0 Å². The summed E-state index contributed by atoms with van der Waals surface area (Å²) in [7, 11) is -0.618. The van der Waals surface area contributed by atoms with Crippen LogP contribution in [0.25, 0.3) is 0 Å². The zero-order valence-corrected chi connectivity index (χ0v) is 12.4. The highest BCUT2D eigenvalue weighted by atomic mass is 32.2. The molecule has 0 heterocycles. The number of rotatable bonds is 8. The van der Waals surface area contributed by atoms with Crippen molar-refractivity contribution in [2.75, 3.05) is 18.1 Å². The van der Waals surface area contributed by atoms with Crippen molar-refractivity contribution in [3.63, 3.8) is 0 Å². The van der Waals surface area contributed by atoms with E-state index in [0.29, 0.717) is 6.04 Å². The molecule has 17 heavy (non-hydrogen) atoms. The van der Waals surface area contributed by atoms with Crippen molar-refractivity contribution in [1.82, 2.24) is 5.32 Å². The zero-order valence-electron chi connectivity index (χ0n) is 11.5. The van der Waals surface area contributed by atoms with Gasteiger partial charge in [-0.15, -0.1) is 0 Å². The summed E-state index contributed by atoms with van der Waals surface area (Å²) in [5.74, 6) is 2.52. The van der Waals surface area contributed by atoms with E-state index < -0.39 is 10.8 Å². The average molecular weight is 259 g/mol. The molecule has 0 aromatic heterocycles. The maximum Gasteiger partial charge on any atom is 0.0391 e.